The predicted molar refractivity (Wildman–Crippen MR) is 127 cm³/mol. The number of halogens is 1. The van der Waals surface area contributed by atoms with Gasteiger partial charge in [-0.15, -0.1) is 11.3 Å². The average molecular weight is 455 g/mol. The summed E-state index contributed by atoms with van der Waals surface area (Å²) in [6, 6.07) is 20.7. The van der Waals surface area contributed by atoms with Gasteiger partial charge in [0.05, 0.1) is 6.54 Å². The van der Waals surface area contributed by atoms with Gasteiger partial charge in [-0.25, -0.2) is 0 Å². The van der Waals surface area contributed by atoms with E-state index in [0.717, 1.165) is 16.9 Å². The maximum atomic E-state index is 13.4. The molecule has 0 aliphatic carbocycles. The molecule has 1 atom stereocenters. The molecule has 0 saturated carbocycles. The second kappa shape index (κ2) is 11.1. The average Bonchev–Trinajstić information content (AvgIpc) is 3.30. The highest BCUT2D eigenvalue weighted by molar-refractivity contribution is 7.09. The molecule has 0 aliphatic heterocycles. The fraction of sp³-hybridized carbons (Fsp3) is 0.280. The molecule has 0 saturated heterocycles. The van der Waals surface area contributed by atoms with Gasteiger partial charge in [0.25, 0.3) is 5.91 Å². The molecule has 4 nitrogen and oxygen atoms in total. The van der Waals surface area contributed by atoms with Gasteiger partial charge in [-0.3, -0.25) is 9.59 Å². The van der Waals surface area contributed by atoms with Crippen LogP contribution in [0.2, 0.25) is 5.02 Å². The predicted octanol–water partition coefficient (Wildman–Crippen LogP) is 5.87. The van der Waals surface area contributed by atoms with Gasteiger partial charge < -0.3 is 9.80 Å². The molecule has 1 heterocycles. The summed E-state index contributed by atoms with van der Waals surface area (Å²) in [6.45, 7) is 5.05. The van der Waals surface area contributed by atoms with Crippen LogP contribution in [-0.2, 0) is 17.9 Å². The van der Waals surface area contributed by atoms with Crippen molar-refractivity contribution in [3.05, 3.63) is 93.1 Å². The van der Waals surface area contributed by atoms with Gasteiger partial charge in [0.2, 0.25) is 5.91 Å². The van der Waals surface area contributed by atoms with Crippen molar-refractivity contribution in [1.82, 2.24) is 9.80 Å². The molecule has 0 aliphatic rings. The quantitative estimate of drug-likeness (QED) is 0.405. The van der Waals surface area contributed by atoms with Gasteiger partial charge in [-0.1, -0.05) is 54.9 Å². The Labute approximate surface area is 193 Å². The number of hydrogen-bond acceptors (Lipinski definition) is 3. The lowest BCUT2D eigenvalue weighted by molar-refractivity contribution is -0.133. The number of amides is 2. The fourth-order valence-electron chi connectivity index (χ4n) is 3.28. The Kier molecular flexibility index (Phi) is 8.27. The van der Waals surface area contributed by atoms with E-state index in [-0.39, 0.29) is 24.4 Å². The molecule has 0 unspecified atom stereocenters. The molecule has 2 aromatic carbocycles. The van der Waals surface area contributed by atoms with Crippen molar-refractivity contribution >= 4 is 34.8 Å². The molecule has 0 radical (unpaired) electrons. The first-order valence-electron chi connectivity index (χ1n) is 10.4. The van der Waals surface area contributed by atoms with E-state index in [9.17, 15) is 9.59 Å². The van der Waals surface area contributed by atoms with Gasteiger partial charge >= 0.3 is 0 Å². The van der Waals surface area contributed by atoms with Crippen molar-refractivity contribution in [2.75, 3.05) is 6.54 Å². The number of benzene rings is 2. The van der Waals surface area contributed by atoms with Crippen LogP contribution < -0.4 is 0 Å². The van der Waals surface area contributed by atoms with E-state index < -0.39 is 0 Å². The van der Waals surface area contributed by atoms with Crippen LogP contribution in [0.15, 0.2) is 72.1 Å². The smallest absolute Gasteiger partial charge is 0.254 e. The topological polar surface area (TPSA) is 40.6 Å². The minimum absolute atomic E-state index is 0.0364. The molecule has 1 aromatic heterocycles. The lowest BCUT2D eigenvalue weighted by Crippen LogP contribution is -2.46. The fourth-order valence-corrected chi connectivity index (χ4v) is 4.12. The molecule has 0 spiro atoms. The van der Waals surface area contributed by atoms with Crippen LogP contribution in [0.5, 0.6) is 0 Å². The van der Waals surface area contributed by atoms with E-state index in [1.807, 2.05) is 66.6 Å². The monoisotopic (exact) mass is 454 g/mol. The summed E-state index contributed by atoms with van der Waals surface area (Å²) in [5.74, 6) is -0.227. The molecule has 0 bridgehead atoms. The molecule has 162 valence electrons. The number of thiophene rings is 1. The third-order valence-electron chi connectivity index (χ3n) is 5.28. The Morgan fingerprint density at radius 2 is 1.68 bits per heavy atom. The maximum Gasteiger partial charge on any atom is 0.254 e. The van der Waals surface area contributed by atoms with Crippen LogP contribution >= 0.6 is 22.9 Å². The summed E-state index contributed by atoms with van der Waals surface area (Å²) in [5.41, 5.74) is 1.59. The summed E-state index contributed by atoms with van der Waals surface area (Å²) < 4.78 is 0. The Hall–Kier alpha value is -2.63. The van der Waals surface area contributed by atoms with E-state index >= 15 is 0 Å². The third kappa shape index (κ3) is 6.42. The zero-order valence-electron chi connectivity index (χ0n) is 17.8. The Balaban J connectivity index is 1.81. The summed E-state index contributed by atoms with van der Waals surface area (Å²) in [7, 11) is 0. The van der Waals surface area contributed by atoms with Crippen LogP contribution in [0.25, 0.3) is 0 Å². The van der Waals surface area contributed by atoms with Gasteiger partial charge in [0.1, 0.15) is 6.54 Å². The normalized spacial score (nSPS) is 11.7. The first-order valence-corrected chi connectivity index (χ1v) is 11.6. The number of rotatable bonds is 9. The van der Waals surface area contributed by atoms with Crippen molar-refractivity contribution in [3.63, 3.8) is 0 Å². The third-order valence-corrected chi connectivity index (χ3v) is 6.39. The molecular weight excluding hydrogens is 428 g/mol. The SMILES string of the molecule is CC[C@H](C)N(CC(=O)N(Cc1ccccc1)Cc1cccs1)C(=O)c1ccc(Cl)cc1. The maximum absolute atomic E-state index is 13.4. The highest BCUT2D eigenvalue weighted by Crippen LogP contribution is 2.18. The van der Waals surface area contributed by atoms with Crippen LogP contribution in [0.1, 0.15) is 41.1 Å². The van der Waals surface area contributed by atoms with E-state index in [0.29, 0.717) is 23.7 Å². The van der Waals surface area contributed by atoms with E-state index in [2.05, 4.69) is 0 Å². The van der Waals surface area contributed by atoms with Gasteiger partial charge in [-0.2, -0.15) is 0 Å². The van der Waals surface area contributed by atoms with E-state index in [4.69, 9.17) is 11.6 Å². The minimum atomic E-state index is -0.157. The van der Waals surface area contributed by atoms with Gasteiger partial charge in [0, 0.05) is 28.0 Å². The molecule has 3 aromatic rings. The van der Waals surface area contributed by atoms with Crippen molar-refractivity contribution in [1.29, 1.82) is 0 Å². The Morgan fingerprint density at radius 1 is 0.968 bits per heavy atom. The first kappa shape index (κ1) is 23.0. The summed E-state index contributed by atoms with van der Waals surface area (Å²) >= 11 is 7.60. The molecular formula is C25H27ClN2O2S. The van der Waals surface area contributed by atoms with Crippen molar-refractivity contribution in [2.45, 2.75) is 39.4 Å². The molecule has 3 rings (SSSR count). The van der Waals surface area contributed by atoms with Crippen molar-refractivity contribution in [2.24, 2.45) is 0 Å². The van der Waals surface area contributed by atoms with Crippen molar-refractivity contribution in [3.8, 4) is 0 Å². The second-order valence-electron chi connectivity index (χ2n) is 7.51. The highest BCUT2D eigenvalue weighted by Gasteiger charge is 2.26. The molecule has 2 amide bonds. The van der Waals surface area contributed by atoms with Crippen LogP contribution in [0.4, 0.5) is 0 Å². The molecule has 6 heteroatoms. The van der Waals surface area contributed by atoms with Gasteiger partial charge in [-0.05, 0) is 54.6 Å². The van der Waals surface area contributed by atoms with E-state index in [1.54, 1.807) is 40.5 Å². The van der Waals surface area contributed by atoms with Crippen molar-refractivity contribution < 1.29 is 9.59 Å². The number of hydrogen-bond donors (Lipinski definition) is 0. The second-order valence-corrected chi connectivity index (χ2v) is 8.98. The molecule has 31 heavy (non-hydrogen) atoms. The van der Waals surface area contributed by atoms with Crippen LogP contribution in [-0.4, -0.2) is 34.2 Å². The zero-order chi connectivity index (χ0) is 22.2. The lowest BCUT2D eigenvalue weighted by atomic mass is 10.1. The summed E-state index contributed by atoms with van der Waals surface area (Å²) in [4.78, 5) is 31.2. The van der Waals surface area contributed by atoms with Crippen LogP contribution in [0, 0.1) is 0 Å². The van der Waals surface area contributed by atoms with Gasteiger partial charge in [0.15, 0.2) is 0 Å². The molecule has 0 fully saturated rings. The number of nitrogens with zero attached hydrogens (tertiary/aromatic N) is 2. The number of carbonyl (C=O) groups excluding carboxylic acids is 2. The summed E-state index contributed by atoms with van der Waals surface area (Å²) in [5, 5.41) is 2.59. The first-order chi connectivity index (χ1) is 15.0. The Bertz CT molecular complexity index is 975. The lowest BCUT2D eigenvalue weighted by Gasteiger charge is -2.31. The van der Waals surface area contributed by atoms with Crippen LogP contribution in [0.3, 0.4) is 0 Å². The summed E-state index contributed by atoms with van der Waals surface area (Å²) in [6.07, 6.45) is 0.760. The standard InChI is InChI=1S/C25H27ClN2O2S/c1-3-19(2)28(25(30)21-11-13-22(26)14-12-21)18-24(29)27(17-23-10-7-15-31-23)16-20-8-5-4-6-9-20/h4-15,19H,3,16-18H2,1-2H3/t19-/m0/s1. The minimum Gasteiger partial charge on any atom is -0.332 e. The highest BCUT2D eigenvalue weighted by atomic mass is 35.5. The van der Waals surface area contributed by atoms with E-state index in [1.165, 1.54) is 0 Å². The Morgan fingerprint density at radius 3 is 2.29 bits per heavy atom. The largest absolute Gasteiger partial charge is 0.332 e. The number of carbonyl (C=O) groups is 2. The molecule has 0 N–H and O–H groups in total. The zero-order valence-corrected chi connectivity index (χ0v) is 19.4.